The van der Waals surface area contributed by atoms with Crippen LogP contribution in [0.5, 0.6) is 0 Å². The van der Waals surface area contributed by atoms with Gasteiger partial charge in [-0.2, -0.15) is 0 Å². The molecule has 126 valence electrons. The van der Waals surface area contributed by atoms with Crippen LogP contribution in [0.1, 0.15) is 31.7 Å². The molecule has 2 rings (SSSR count). The highest BCUT2D eigenvalue weighted by Gasteiger charge is 2.57. The van der Waals surface area contributed by atoms with Crippen molar-refractivity contribution in [3.8, 4) is 0 Å². The van der Waals surface area contributed by atoms with Crippen LogP contribution in [-0.4, -0.2) is 43.5 Å². The fourth-order valence-electron chi connectivity index (χ4n) is 2.68. The van der Waals surface area contributed by atoms with E-state index in [1.54, 1.807) is 12.0 Å². The Morgan fingerprint density at radius 1 is 1.26 bits per heavy atom. The highest BCUT2D eigenvalue weighted by Crippen LogP contribution is 2.47. The molecule has 0 saturated heterocycles. The van der Waals surface area contributed by atoms with Gasteiger partial charge in [-0.3, -0.25) is 9.59 Å². The molecule has 1 saturated carbocycles. The number of nitrogens with one attached hydrogen (secondary N) is 1. The van der Waals surface area contributed by atoms with Crippen LogP contribution >= 0.6 is 0 Å². The predicted octanol–water partition coefficient (Wildman–Crippen LogP) is 1.97. The Bertz CT molecular complexity index is 526. The van der Waals surface area contributed by atoms with E-state index in [-0.39, 0.29) is 11.8 Å². The number of ether oxygens (including phenoxy) is 1. The zero-order chi connectivity index (χ0) is 16.7. The second kappa shape index (κ2) is 8.11. The van der Waals surface area contributed by atoms with Gasteiger partial charge < -0.3 is 15.0 Å². The fraction of sp³-hybridized carbons (Fsp3) is 0.556. The Morgan fingerprint density at radius 2 is 1.96 bits per heavy atom. The summed E-state index contributed by atoms with van der Waals surface area (Å²) >= 11 is 0. The molecular formula is C18H26N2O3. The van der Waals surface area contributed by atoms with Crippen molar-refractivity contribution >= 4 is 11.8 Å². The summed E-state index contributed by atoms with van der Waals surface area (Å²) in [6.45, 7) is 4.26. The van der Waals surface area contributed by atoms with Gasteiger partial charge in [-0.25, -0.2) is 0 Å². The molecule has 0 heterocycles. The second-order valence-corrected chi connectivity index (χ2v) is 5.99. The van der Waals surface area contributed by atoms with Crippen molar-refractivity contribution in [3.05, 3.63) is 35.9 Å². The lowest BCUT2D eigenvalue weighted by Crippen LogP contribution is -2.45. The Labute approximate surface area is 138 Å². The van der Waals surface area contributed by atoms with Crippen LogP contribution in [0.2, 0.25) is 0 Å². The molecule has 0 aliphatic heterocycles. The van der Waals surface area contributed by atoms with E-state index in [2.05, 4.69) is 5.32 Å². The van der Waals surface area contributed by atoms with Crippen LogP contribution in [0.25, 0.3) is 0 Å². The summed E-state index contributed by atoms with van der Waals surface area (Å²) in [4.78, 5) is 27.0. The molecule has 0 aromatic heterocycles. The van der Waals surface area contributed by atoms with Crippen molar-refractivity contribution in [2.24, 2.45) is 5.41 Å². The first kappa shape index (κ1) is 17.5. The lowest BCUT2D eigenvalue weighted by molar-refractivity contribution is -0.144. The maximum atomic E-state index is 12.8. The highest BCUT2D eigenvalue weighted by molar-refractivity contribution is 6.07. The summed E-state index contributed by atoms with van der Waals surface area (Å²) in [6.07, 6.45) is 2.05. The molecule has 1 aliphatic rings. The molecule has 1 aromatic carbocycles. The van der Waals surface area contributed by atoms with Crippen LogP contribution in [-0.2, 0) is 20.9 Å². The quantitative estimate of drug-likeness (QED) is 0.559. The monoisotopic (exact) mass is 318 g/mol. The van der Waals surface area contributed by atoms with Crippen LogP contribution in [0, 0.1) is 5.41 Å². The van der Waals surface area contributed by atoms with Crippen molar-refractivity contribution < 1.29 is 14.3 Å². The third-order valence-electron chi connectivity index (χ3n) is 4.29. The van der Waals surface area contributed by atoms with Gasteiger partial charge in [0.05, 0.1) is 0 Å². The van der Waals surface area contributed by atoms with Gasteiger partial charge >= 0.3 is 0 Å². The SMILES string of the molecule is CCN(Cc1ccccc1)C(=O)C1(C(=O)NCCCOC)CC1. The van der Waals surface area contributed by atoms with Gasteiger partial charge in [0.2, 0.25) is 11.8 Å². The van der Waals surface area contributed by atoms with Crippen molar-refractivity contribution in [2.75, 3.05) is 26.8 Å². The van der Waals surface area contributed by atoms with Gasteiger partial charge in [0.1, 0.15) is 5.41 Å². The van der Waals surface area contributed by atoms with E-state index in [9.17, 15) is 9.59 Å². The van der Waals surface area contributed by atoms with E-state index in [4.69, 9.17) is 4.74 Å². The molecular weight excluding hydrogens is 292 g/mol. The van der Waals surface area contributed by atoms with Gasteiger partial charge in [-0.1, -0.05) is 30.3 Å². The number of carbonyl (C=O) groups is 2. The van der Waals surface area contributed by atoms with E-state index in [1.807, 2.05) is 37.3 Å². The average molecular weight is 318 g/mol. The summed E-state index contributed by atoms with van der Waals surface area (Å²) in [5.74, 6) is -0.182. The van der Waals surface area contributed by atoms with Crippen molar-refractivity contribution in [3.63, 3.8) is 0 Å². The number of carbonyl (C=O) groups excluding carboxylic acids is 2. The Balaban J connectivity index is 1.95. The summed E-state index contributed by atoms with van der Waals surface area (Å²) in [5, 5.41) is 2.88. The molecule has 1 aromatic rings. The normalized spacial score (nSPS) is 15.0. The minimum atomic E-state index is -0.835. The maximum Gasteiger partial charge on any atom is 0.238 e. The molecule has 0 bridgehead atoms. The van der Waals surface area contributed by atoms with E-state index in [0.717, 1.165) is 12.0 Å². The van der Waals surface area contributed by atoms with Crippen molar-refractivity contribution in [1.82, 2.24) is 10.2 Å². The van der Waals surface area contributed by atoms with Crippen molar-refractivity contribution in [2.45, 2.75) is 32.7 Å². The number of hydrogen-bond donors (Lipinski definition) is 1. The largest absolute Gasteiger partial charge is 0.385 e. The number of hydrogen-bond acceptors (Lipinski definition) is 3. The lowest BCUT2D eigenvalue weighted by Gasteiger charge is -2.26. The predicted molar refractivity (Wildman–Crippen MR) is 88.7 cm³/mol. The topological polar surface area (TPSA) is 58.6 Å². The lowest BCUT2D eigenvalue weighted by atomic mass is 10.0. The summed E-state index contributed by atoms with van der Waals surface area (Å²) in [7, 11) is 1.64. The van der Waals surface area contributed by atoms with E-state index < -0.39 is 5.41 Å². The smallest absolute Gasteiger partial charge is 0.238 e. The van der Waals surface area contributed by atoms with Gasteiger partial charge in [-0.05, 0) is 31.7 Å². The van der Waals surface area contributed by atoms with Crippen LogP contribution in [0.4, 0.5) is 0 Å². The van der Waals surface area contributed by atoms with Crippen LogP contribution in [0.3, 0.4) is 0 Å². The van der Waals surface area contributed by atoms with Crippen LogP contribution in [0.15, 0.2) is 30.3 Å². The van der Waals surface area contributed by atoms with E-state index in [1.165, 1.54) is 0 Å². The first-order valence-corrected chi connectivity index (χ1v) is 8.24. The molecule has 1 fully saturated rings. The summed E-state index contributed by atoms with van der Waals surface area (Å²) < 4.78 is 4.97. The zero-order valence-electron chi connectivity index (χ0n) is 14.0. The molecule has 5 nitrogen and oxygen atoms in total. The molecule has 1 N–H and O–H groups in total. The van der Waals surface area contributed by atoms with Crippen LogP contribution < -0.4 is 5.32 Å². The number of amides is 2. The van der Waals surface area contributed by atoms with Gasteiger partial charge in [0.15, 0.2) is 0 Å². The second-order valence-electron chi connectivity index (χ2n) is 5.99. The van der Waals surface area contributed by atoms with Gasteiger partial charge in [0, 0.05) is 33.4 Å². The van der Waals surface area contributed by atoms with E-state index in [0.29, 0.717) is 39.1 Å². The first-order valence-electron chi connectivity index (χ1n) is 8.24. The highest BCUT2D eigenvalue weighted by atomic mass is 16.5. The minimum Gasteiger partial charge on any atom is -0.385 e. The molecule has 0 spiro atoms. The third kappa shape index (κ3) is 4.32. The molecule has 0 radical (unpaired) electrons. The maximum absolute atomic E-state index is 12.8. The van der Waals surface area contributed by atoms with Crippen molar-refractivity contribution in [1.29, 1.82) is 0 Å². The number of rotatable bonds is 9. The Morgan fingerprint density at radius 3 is 2.52 bits per heavy atom. The molecule has 5 heteroatoms. The average Bonchev–Trinajstić information content (AvgIpc) is 3.38. The molecule has 1 aliphatic carbocycles. The summed E-state index contributed by atoms with van der Waals surface area (Å²) in [6, 6.07) is 9.88. The molecule has 23 heavy (non-hydrogen) atoms. The molecule has 2 amide bonds. The van der Waals surface area contributed by atoms with Gasteiger partial charge in [-0.15, -0.1) is 0 Å². The van der Waals surface area contributed by atoms with Gasteiger partial charge in [0.25, 0.3) is 0 Å². The zero-order valence-corrected chi connectivity index (χ0v) is 14.0. The minimum absolute atomic E-state index is 0.0481. The first-order chi connectivity index (χ1) is 11.1. The number of benzene rings is 1. The third-order valence-corrected chi connectivity index (χ3v) is 4.29. The molecule has 0 atom stereocenters. The number of nitrogens with zero attached hydrogens (tertiary/aromatic N) is 1. The fourth-order valence-corrected chi connectivity index (χ4v) is 2.68. The molecule has 0 unspecified atom stereocenters. The Kier molecular flexibility index (Phi) is 6.16. The van der Waals surface area contributed by atoms with E-state index >= 15 is 0 Å². The Hall–Kier alpha value is -1.88. The summed E-state index contributed by atoms with van der Waals surface area (Å²) in [5.41, 5.74) is 0.247. The number of methoxy groups -OCH3 is 1. The standard InChI is InChI=1S/C18H26N2O3/c1-3-20(14-15-8-5-4-6-9-15)17(22)18(10-11-18)16(21)19-12-7-13-23-2/h4-6,8-9H,3,7,10-14H2,1-2H3,(H,19,21).